The molecule has 1 aliphatic rings. The minimum Gasteiger partial charge on any atom is -0.487 e. The molecule has 0 unspecified atom stereocenters. The first-order chi connectivity index (χ1) is 17.1. The molecule has 0 radical (unpaired) electrons. The molecule has 176 valence electrons. The van der Waals surface area contributed by atoms with E-state index >= 15 is 0 Å². The molecule has 0 fully saturated rings. The van der Waals surface area contributed by atoms with Crippen LogP contribution in [0.15, 0.2) is 77.1 Å². The maximum atomic E-state index is 13.4. The van der Waals surface area contributed by atoms with Crippen LogP contribution in [0.3, 0.4) is 0 Å². The normalized spacial score (nSPS) is 13.0. The van der Waals surface area contributed by atoms with Gasteiger partial charge < -0.3 is 15.4 Å². The number of nitrogens with zero attached hydrogens (tertiary/aromatic N) is 4. The van der Waals surface area contributed by atoms with Crippen molar-refractivity contribution in [1.82, 2.24) is 20.7 Å². The number of anilines is 2. The number of guanidine groups is 1. The fraction of sp³-hybridized carbons (Fsp3) is 0.120. The van der Waals surface area contributed by atoms with Crippen molar-refractivity contribution in [1.29, 1.82) is 0 Å². The maximum Gasteiger partial charge on any atom is 0.212 e. The van der Waals surface area contributed by atoms with Crippen LogP contribution in [0.5, 0.6) is 5.75 Å². The summed E-state index contributed by atoms with van der Waals surface area (Å²) < 4.78 is 19.1. The predicted octanol–water partition coefficient (Wildman–Crippen LogP) is 4.63. The van der Waals surface area contributed by atoms with Crippen LogP contribution in [-0.2, 0) is 6.61 Å². The Hall–Kier alpha value is -4.24. The first-order valence-corrected chi connectivity index (χ1v) is 11.3. The van der Waals surface area contributed by atoms with Crippen LogP contribution in [0, 0.1) is 5.82 Å². The Morgan fingerprint density at radius 3 is 2.89 bits per heavy atom. The minimum absolute atomic E-state index is 0.212. The summed E-state index contributed by atoms with van der Waals surface area (Å²) in [5.41, 5.74) is 6.00. The van der Waals surface area contributed by atoms with Crippen LogP contribution < -0.4 is 20.8 Å². The van der Waals surface area contributed by atoms with Crippen molar-refractivity contribution >= 4 is 46.2 Å². The van der Waals surface area contributed by atoms with Crippen LogP contribution in [0.2, 0.25) is 5.02 Å². The molecule has 10 heteroatoms. The Labute approximate surface area is 205 Å². The summed E-state index contributed by atoms with van der Waals surface area (Å²) in [7, 11) is 0. The number of aromatic nitrogens is 2. The topological polar surface area (TPSA) is 95.8 Å². The predicted molar refractivity (Wildman–Crippen MR) is 136 cm³/mol. The van der Waals surface area contributed by atoms with Gasteiger partial charge in [-0.15, -0.1) is 0 Å². The number of hydrazone groups is 1. The molecular formula is C25H21ClFN7O. The standard InChI is InChI=1S/C25H21ClFN7O/c26-21-12-19(5-7-23(21)35-14-17-2-1-3-18(27)10-17)33-24-20-11-16(4-6-22(20)30-15-31-24)13-32-34-25-28-8-9-29-25/h1-7,10-13,15H,8-9,14H2,(H2,28,29,34)(H,30,31,33). The van der Waals surface area contributed by atoms with Gasteiger partial charge in [-0.2, -0.15) is 5.10 Å². The molecule has 1 aliphatic heterocycles. The largest absolute Gasteiger partial charge is 0.487 e. The van der Waals surface area contributed by atoms with Gasteiger partial charge >= 0.3 is 0 Å². The highest BCUT2D eigenvalue weighted by atomic mass is 35.5. The summed E-state index contributed by atoms with van der Waals surface area (Å²) in [6.45, 7) is 1.76. The summed E-state index contributed by atoms with van der Waals surface area (Å²) in [4.78, 5) is 13.0. The van der Waals surface area contributed by atoms with Gasteiger partial charge in [0, 0.05) is 17.6 Å². The fourth-order valence-electron chi connectivity index (χ4n) is 3.52. The zero-order valence-corrected chi connectivity index (χ0v) is 19.3. The number of nitrogens with one attached hydrogen (secondary N) is 3. The third-order valence-corrected chi connectivity index (χ3v) is 5.49. The van der Waals surface area contributed by atoms with Gasteiger partial charge in [0.05, 0.1) is 23.3 Å². The molecule has 0 saturated heterocycles. The number of hydrogen-bond acceptors (Lipinski definition) is 8. The third kappa shape index (κ3) is 5.64. The Morgan fingerprint density at radius 2 is 2.06 bits per heavy atom. The molecule has 8 nitrogen and oxygen atoms in total. The molecule has 3 N–H and O–H groups in total. The maximum absolute atomic E-state index is 13.4. The molecule has 0 bridgehead atoms. The number of fused-ring (bicyclic) bond motifs is 1. The van der Waals surface area contributed by atoms with E-state index in [1.165, 1.54) is 18.5 Å². The molecule has 5 rings (SSSR count). The van der Waals surface area contributed by atoms with Gasteiger partial charge in [0.1, 0.15) is 30.3 Å². The van der Waals surface area contributed by atoms with E-state index in [1.807, 2.05) is 24.3 Å². The van der Waals surface area contributed by atoms with Crippen molar-refractivity contribution in [2.45, 2.75) is 6.61 Å². The Morgan fingerprint density at radius 1 is 1.11 bits per heavy atom. The summed E-state index contributed by atoms with van der Waals surface area (Å²) in [6, 6.07) is 17.4. The zero-order valence-electron chi connectivity index (χ0n) is 18.5. The minimum atomic E-state index is -0.306. The van der Waals surface area contributed by atoms with Gasteiger partial charge in [-0.3, -0.25) is 0 Å². The Kier molecular flexibility index (Phi) is 6.67. The van der Waals surface area contributed by atoms with Crippen LogP contribution in [0.25, 0.3) is 10.9 Å². The van der Waals surface area contributed by atoms with E-state index < -0.39 is 0 Å². The molecule has 0 amide bonds. The van der Waals surface area contributed by atoms with Crippen LogP contribution in [-0.4, -0.2) is 35.2 Å². The molecule has 4 aromatic rings. The Balaban J connectivity index is 1.30. The van der Waals surface area contributed by atoms with Crippen molar-refractivity contribution in [3.8, 4) is 5.75 Å². The molecule has 3 aromatic carbocycles. The second kappa shape index (κ2) is 10.4. The average molecular weight is 490 g/mol. The lowest BCUT2D eigenvalue weighted by Crippen LogP contribution is -2.30. The number of halogens is 2. The second-order valence-electron chi connectivity index (χ2n) is 7.71. The van der Waals surface area contributed by atoms with Crippen LogP contribution >= 0.6 is 11.6 Å². The number of ether oxygens (including phenoxy) is 1. The summed E-state index contributed by atoms with van der Waals surface area (Å²) >= 11 is 6.44. The van der Waals surface area contributed by atoms with Gasteiger partial charge in [0.15, 0.2) is 0 Å². The molecule has 35 heavy (non-hydrogen) atoms. The first kappa shape index (κ1) is 22.5. The van der Waals surface area contributed by atoms with Crippen molar-refractivity contribution in [3.05, 3.63) is 89.0 Å². The smallest absolute Gasteiger partial charge is 0.212 e. The summed E-state index contributed by atoms with van der Waals surface area (Å²) in [5.74, 6) is 1.48. The quantitative estimate of drug-likeness (QED) is 0.259. The van der Waals surface area contributed by atoms with E-state index in [1.54, 1.807) is 30.5 Å². The number of benzene rings is 3. The van der Waals surface area contributed by atoms with Gasteiger partial charge in [0.2, 0.25) is 5.96 Å². The van der Waals surface area contributed by atoms with Gasteiger partial charge in [-0.25, -0.2) is 24.8 Å². The first-order valence-electron chi connectivity index (χ1n) is 10.9. The highest BCUT2D eigenvalue weighted by Crippen LogP contribution is 2.31. The highest BCUT2D eigenvalue weighted by Gasteiger charge is 2.09. The Bertz CT molecular complexity index is 1430. The lowest BCUT2D eigenvalue weighted by atomic mass is 10.1. The number of hydrogen-bond donors (Lipinski definition) is 3. The van der Waals surface area contributed by atoms with Crippen molar-refractivity contribution in [2.75, 3.05) is 18.4 Å². The molecule has 0 spiro atoms. The lowest BCUT2D eigenvalue weighted by Gasteiger charge is -2.12. The van der Waals surface area contributed by atoms with E-state index in [9.17, 15) is 4.39 Å². The average Bonchev–Trinajstić information content (AvgIpc) is 3.38. The monoisotopic (exact) mass is 489 g/mol. The van der Waals surface area contributed by atoms with E-state index in [4.69, 9.17) is 16.3 Å². The summed E-state index contributed by atoms with van der Waals surface area (Å²) in [6.07, 6.45) is 3.21. The van der Waals surface area contributed by atoms with E-state index in [2.05, 4.69) is 36.1 Å². The molecule has 0 saturated carbocycles. The number of aliphatic imine (C=N–C) groups is 1. The third-order valence-electron chi connectivity index (χ3n) is 5.20. The lowest BCUT2D eigenvalue weighted by molar-refractivity contribution is 0.306. The molecule has 0 atom stereocenters. The summed E-state index contributed by atoms with van der Waals surface area (Å²) in [5, 5.41) is 11.9. The molecular weight excluding hydrogens is 469 g/mol. The highest BCUT2D eigenvalue weighted by molar-refractivity contribution is 6.32. The second-order valence-corrected chi connectivity index (χ2v) is 8.12. The van der Waals surface area contributed by atoms with Gasteiger partial charge in [0.25, 0.3) is 0 Å². The SMILES string of the molecule is Fc1cccc(COc2ccc(Nc3ncnc4ccc(C=NNC5=NCCN5)cc34)cc2Cl)c1. The zero-order chi connectivity index (χ0) is 24.0. The van der Waals surface area contributed by atoms with Crippen molar-refractivity contribution in [3.63, 3.8) is 0 Å². The fourth-order valence-corrected chi connectivity index (χ4v) is 3.75. The molecule has 1 aromatic heterocycles. The number of rotatable bonds is 7. The molecule has 2 heterocycles. The van der Waals surface area contributed by atoms with E-state index in [-0.39, 0.29) is 12.4 Å². The van der Waals surface area contributed by atoms with Crippen LogP contribution in [0.4, 0.5) is 15.9 Å². The van der Waals surface area contributed by atoms with Crippen molar-refractivity contribution < 1.29 is 9.13 Å². The van der Waals surface area contributed by atoms with E-state index in [0.717, 1.165) is 40.8 Å². The van der Waals surface area contributed by atoms with Crippen LogP contribution in [0.1, 0.15) is 11.1 Å². The van der Waals surface area contributed by atoms with Gasteiger partial charge in [-0.1, -0.05) is 29.8 Å². The van der Waals surface area contributed by atoms with Crippen molar-refractivity contribution in [2.24, 2.45) is 10.1 Å². The molecule has 0 aliphatic carbocycles. The van der Waals surface area contributed by atoms with Gasteiger partial charge in [-0.05, 0) is 53.6 Å². The van der Waals surface area contributed by atoms with E-state index in [0.29, 0.717) is 22.5 Å².